The van der Waals surface area contributed by atoms with Gasteiger partial charge in [0.25, 0.3) is 0 Å². The molecule has 0 saturated carbocycles. The van der Waals surface area contributed by atoms with E-state index in [2.05, 4.69) is 10.3 Å². The predicted octanol–water partition coefficient (Wildman–Crippen LogP) is 1.53. The number of hydrogen-bond acceptors (Lipinski definition) is 4. The molecule has 1 aromatic heterocycles. The molecule has 0 radical (unpaired) electrons. The third-order valence-electron chi connectivity index (χ3n) is 3.21. The van der Waals surface area contributed by atoms with Gasteiger partial charge in [-0.25, -0.2) is 0 Å². The molecular formula is C17H19N3O2S. The largest absolute Gasteiger partial charge is 0.368 e. The zero-order valence-corrected chi connectivity index (χ0v) is 13.5. The number of rotatable bonds is 8. The number of carbonyl (C=O) groups is 2. The summed E-state index contributed by atoms with van der Waals surface area (Å²) < 4.78 is 0. The van der Waals surface area contributed by atoms with Gasteiger partial charge in [-0.1, -0.05) is 30.3 Å². The zero-order chi connectivity index (χ0) is 16.5. The minimum Gasteiger partial charge on any atom is -0.368 e. The molecule has 1 heterocycles. The maximum Gasteiger partial charge on any atom is 0.240 e. The second-order valence-electron chi connectivity index (χ2n) is 5.06. The van der Waals surface area contributed by atoms with Crippen molar-refractivity contribution in [2.24, 2.45) is 5.73 Å². The van der Waals surface area contributed by atoms with E-state index in [4.69, 9.17) is 5.73 Å². The van der Waals surface area contributed by atoms with Crippen molar-refractivity contribution < 1.29 is 9.59 Å². The number of amides is 2. The fourth-order valence-electron chi connectivity index (χ4n) is 2.05. The summed E-state index contributed by atoms with van der Waals surface area (Å²) in [5, 5.41) is 2.70. The van der Waals surface area contributed by atoms with Gasteiger partial charge in [-0.3, -0.25) is 14.6 Å². The van der Waals surface area contributed by atoms with E-state index >= 15 is 0 Å². The van der Waals surface area contributed by atoms with Crippen LogP contribution in [0.15, 0.2) is 54.9 Å². The summed E-state index contributed by atoms with van der Waals surface area (Å²) in [6.45, 7) is 0. The second kappa shape index (κ2) is 8.95. The van der Waals surface area contributed by atoms with Crippen molar-refractivity contribution in [3.63, 3.8) is 0 Å². The van der Waals surface area contributed by atoms with E-state index in [1.807, 2.05) is 42.5 Å². The van der Waals surface area contributed by atoms with Crippen LogP contribution in [-0.4, -0.2) is 28.6 Å². The Hall–Kier alpha value is -2.34. The lowest BCUT2D eigenvalue weighted by atomic mass is 10.1. The molecule has 0 saturated heterocycles. The highest BCUT2D eigenvalue weighted by Gasteiger charge is 2.18. The van der Waals surface area contributed by atoms with Crippen molar-refractivity contribution in [3.05, 3.63) is 66.0 Å². The van der Waals surface area contributed by atoms with Crippen molar-refractivity contribution in [2.45, 2.75) is 18.2 Å². The van der Waals surface area contributed by atoms with Crippen LogP contribution in [0.3, 0.4) is 0 Å². The molecule has 1 atom stereocenters. The van der Waals surface area contributed by atoms with Gasteiger partial charge in [-0.15, -0.1) is 11.8 Å². The summed E-state index contributed by atoms with van der Waals surface area (Å²) in [5.41, 5.74) is 7.45. The Morgan fingerprint density at radius 3 is 2.43 bits per heavy atom. The van der Waals surface area contributed by atoms with Crippen LogP contribution < -0.4 is 11.1 Å². The molecule has 120 valence electrons. The quantitative estimate of drug-likeness (QED) is 0.769. The van der Waals surface area contributed by atoms with Crippen molar-refractivity contribution in [3.8, 4) is 0 Å². The van der Waals surface area contributed by atoms with Gasteiger partial charge >= 0.3 is 0 Å². The molecule has 1 unspecified atom stereocenters. The Bertz CT molecular complexity index is 635. The van der Waals surface area contributed by atoms with Crippen LogP contribution in [0.5, 0.6) is 0 Å². The van der Waals surface area contributed by atoms with Crippen LogP contribution in [0.1, 0.15) is 11.1 Å². The first kappa shape index (κ1) is 17.0. The molecule has 3 N–H and O–H groups in total. The Labute approximate surface area is 139 Å². The third kappa shape index (κ3) is 6.12. The highest BCUT2D eigenvalue weighted by molar-refractivity contribution is 7.99. The van der Waals surface area contributed by atoms with Gasteiger partial charge in [0.15, 0.2) is 0 Å². The summed E-state index contributed by atoms with van der Waals surface area (Å²) in [6.07, 6.45) is 3.84. The molecule has 0 bridgehead atoms. The number of nitrogens with two attached hydrogens (primary N) is 1. The number of hydrogen-bond donors (Lipinski definition) is 2. The molecule has 2 amide bonds. The molecule has 5 nitrogen and oxygen atoms in total. The zero-order valence-electron chi connectivity index (χ0n) is 12.6. The number of thioether (sulfide) groups is 1. The summed E-state index contributed by atoms with van der Waals surface area (Å²) in [5.74, 6) is 0.279. The van der Waals surface area contributed by atoms with Crippen LogP contribution in [-0.2, 0) is 21.8 Å². The number of nitrogens with one attached hydrogen (secondary N) is 1. The van der Waals surface area contributed by atoms with Crippen molar-refractivity contribution >= 4 is 23.6 Å². The van der Waals surface area contributed by atoms with Gasteiger partial charge < -0.3 is 11.1 Å². The van der Waals surface area contributed by atoms with Crippen molar-refractivity contribution in [1.29, 1.82) is 0 Å². The third-order valence-corrected chi connectivity index (χ3v) is 4.22. The SMILES string of the molecule is NC(=O)C(Cc1ccccc1)NC(=O)CSCc1ccncc1. The molecule has 2 aromatic rings. The summed E-state index contributed by atoms with van der Waals surface area (Å²) in [4.78, 5) is 27.5. The van der Waals surface area contributed by atoms with E-state index in [0.29, 0.717) is 6.42 Å². The van der Waals surface area contributed by atoms with E-state index in [-0.39, 0.29) is 11.7 Å². The maximum absolute atomic E-state index is 12.0. The molecule has 0 aliphatic rings. The first-order valence-corrected chi connectivity index (χ1v) is 8.40. The van der Waals surface area contributed by atoms with Crippen molar-refractivity contribution in [1.82, 2.24) is 10.3 Å². The van der Waals surface area contributed by atoms with E-state index in [9.17, 15) is 9.59 Å². The van der Waals surface area contributed by atoms with E-state index < -0.39 is 11.9 Å². The topological polar surface area (TPSA) is 85.1 Å². The van der Waals surface area contributed by atoms with Crippen molar-refractivity contribution in [2.75, 3.05) is 5.75 Å². The first-order valence-electron chi connectivity index (χ1n) is 7.24. The van der Waals surface area contributed by atoms with Gasteiger partial charge in [-0.2, -0.15) is 0 Å². The number of primary amides is 1. The Balaban J connectivity index is 1.80. The highest BCUT2D eigenvalue weighted by Crippen LogP contribution is 2.11. The Morgan fingerprint density at radius 2 is 1.78 bits per heavy atom. The van der Waals surface area contributed by atoms with E-state index in [1.165, 1.54) is 11.8 Å². The molecular weight excluding hydrogens is 310 g/mol. The van der Waals surface area contributed by atoms with Crippen LogP contribution in [0, 0.1) is 0 Å². The number of nitrogens with zero attached hydrogens (tertiary/aromatic N) is 1. The van der Waals surface area contributed by atoms with E-state index in [0.717, 1.165) is 16.9 Å². The highest BCUT2D eigenvalue weighted by atomic mass is 32.2. The summed E-state index contributed by atoms with van der Waals surface area (Å²) >= 11 is 1.48. The fraction of sp³-hybridized carbons (Fsp3) is 0.235. The van der Waals surface area contributed by atoms with Gasteiger partial charge in [0.1, 0.15) is 6.04 Å². The van der Waals surface area contributed by atoms with Gasteiger partial charge in [0.2, 0.25) is 11.8 Å². The van der Waals surface area contributed by atoms with Gasteiger partial charge in [-0.05, 0) is 23.3 Å². The minimum absolute atomic E-state index is 0.191. The van der Waals surface area contributed by atoms with Gasteiger partial charge in [0, 0.05) is 24.6 Å². The summed E-state index contributed by atoms with van der Waals surface area (Å²) in [6, 6.07) is 12.6. The second-order valence-corrected chi connectivity index (χ2v) is 6.05. The Morgan fingerprint density at radius 1 is 1.09 bits per heavy atom. The molecule has 23 heavy (non-hydrogen) atoms. The molecule has 6 heteroatoms. The molecule has 0 aliphatic heterocycles. The monoisotopic (exact) mass is 329 g/mol. The lowest BCUT2D eigenvalue weighted by Gasteiger charge is -2.15. The number of carbonyl (C=O) groups excluding carboxylic acids is 2. The Kier molecular flexibility index (Phi) is 6.62. The van der Waals surface area contributed by atoms with Crippen LogP contribution in [0.25, 0.3) is 0 Å². The molecule has 2 rings (SSSR count). The van der Waals surface area contributed by atoms with Crippen LogP contribution in [0.2, 0.25) is 0 Å². The first-order chi connectivity index (χ1) is 11.1. The number of pyridine rings is 1. The summed E-state index contributed by atoms with van der Waals surface area (Å²) in [7, 11) is 0. The smallest absolute Gasteiger partial charge is 0.240 e. The van der Waals surface area contributed by atoms with Gasteiger partial charge in [0.05, 0.1) is 5.75 Å². The average molecular weight is 329 g/mol. The number of benzene rings is 1. The van der Waals surface area contributed by atoms with E-state index in [1.54, 1.807) is 12.4 Å². The van der Waals surface area contributed by atoms with Crippen LogP contribution >= 0.6 is 11.8 Å². The standard InChI is InChI=1S/C17H19N3O2S/c18-17(22)15(10-13-4-2-1-3-5-13)20-16(21)12-23-11-14-6-8-19-9-7-14/h1-9,15H,10-12H2,(H2,18,22)(H,20,21). The average Bonchev–Trinajstić information content (AvgIpc) is 2.56. The maximum atomic E-state index is 12.0. The molecule has 1 aromatic carbocycles. The molecule has 0 fully saturated rings. The minimum atomic E-state index is -0.688. The number of aromatic nitrogens is 1. The fourth-order valence-corrected chi connectivity index (χ4v) is 2.85. The molecule has 0 aliphatic carbocycles. The normalized spacial score (nSPS) is 11.7. The lowest BCUT2D eigenvalue weighted by molar-refractivity contribution is -0.125. The predicted molar refractivity (Wildman–Crippen MR) is 91.7 cm³/mol. The lowest BCUT2D eigenvalue weighted by Crippen LogP contribution is -2.46. The van der Waals surface area contributed by atoms with Crippen LogP contribution in [0.4, 0.5) is 0 Å². The molecule has 0 spiro atoms.